The maximum atomic E-state index is 14.1. The van der Waals surface area contributed by atoms with Gasteiger partial charge < -0.3 is 24.8 Å². The average molecular weight is 527 g/mol. The van der Waals surface area contributed by atoms with E-state index in [9.17, 15) is 23.5 Å². The molecule has 1 fully saturated rings. The number of anilines is 1. The zero-order chi connectivity index (χ0) is 26.1. The number of carbonyl (C=O) groups excluding carboxylic acids is 2. The fourth-order valence-corrected chi connectivity index (χ4v) is 4.62. The van der Waals surface area contributed by atoms with Crippen LogP contribution in [-0.2, 0) is 11.3 Å². The minimum atomic E-state index is -0.785. The zero-order valence-electron chi connectivity index (χ0n) is 20.4. The highest BCUT2D eigenvalue weighted by Gasteiger charge is 2.25. The Kier molecular flexibility index (Phi) is 10.4. The molecule has 1 aromatic heterocycles. The van der Waals surface area contributed by atoms with Crippen molar-refractivity contribution in [3.05, 3.63) is 40.5 Å². The fraction of sp³-hybridized carbons (Fsp3) is 0.542. The van der Waals surface area contributed by atoms with Crippen molar-refractivity contribution < 1.29 is 33.0 Å². The largest absolute Gasteiger partial charge is 0.471 e. The molecule has 1 aliphatic rings. The molecule has 0 radical (unpaired) electrons. The Morgan fingerprint density at radius 3 is 2.81 bits per heavy atom. The van der Waals surface area contributed by atoms with Crippen molar-refractivity contribution in [3.8, 4) is 5.88 Å². The molecule has 0 saturated carbocycles. The lowest BCUT2D eigenvalue weighted by Crippen LogP contribution is -2.38. The predicted octanol–water partition coefficient (Wildman–Crippen LogP) is 3.84. The summed E-state index contributed by atoms with van der Waals surface area (Å²) in [4.78, 5) is 26.9. The number of methoxy groups -OCH3 is 1. The smallest absolute Gasteiger partial charge is 0.346 e. The molecule has 1 atom stereocenters. The van der Waals surface area contributed by atoms with Gasteiger partial charge in [0.1, 0.15) is 23.2 Å². The van der Waals surface area contributed by atoms with Crippen LogP contribution >= 0.6 is 11.5 Å². The summed E-state index contributed by atoms with van der Waals surface area (Å²) in [6, 6.07) is 1.57. The highest BCUT2D eigenvalue weighted by atomic mass is 32.1. The van der Waals surface area contributed by atoms with E-state index in [1.165, 1.54) is 14.0 Å². The number of ether oxygens (including phenoxy) is 2. The van der Waals surface area contributed by atoms with E-state index >= 15 is 0 Å². The van der Waals surface area contributed by atoms with E-state index in [2.05, 4.69) is 19.9 Å². The lowest BCUT2D eigenvalue weighted by atomic mass is 10.1. The number of amides is 2. The van der Waals surface area contributed by atoms with Crippen molar-refractivity contribution in [1.82, 2.24) is 14.6 Å². The lowest BCUT2D eigenvalue weighted by Gasteiger charge is -2.29. The molecule has 1 saturated heterocycles. The number of unbranched alkanes of at least 4 members (excludes halogenated alkanes) is 2. The maximum absolute atomic E-state index is 14.1. The topological polar surface area (TPSA) is 113 Å². The number of β-amino-alcohol motifs (C(OH)–C–C–N with tert-alkyl or cyclic N) is 1. The van der Waals surface area contributed by atoms with Gasteiger partial charge in [0.25, 0.3) is 0 Å². The van der Waals surface area contributed by atoms with E-state index in [0.29, 0.717) is 6.54 Å². The van der Waals surface area contributed by atoms with Crippen LogP contribution < -0.4 is 15.4 Å². The molecule has 3 rings (SSSR count). The van der Waals surface area contributed by atoms with Crippen LogP contribution in [0.4, 0.5) is 18.6 Å². The van der Waals surface area contributed by atoms with E-state index < -0.39 is 23.6 Å². The standard InChI is InChI=1S/C24H32F2N4O5S/c1-15-11-19(26)16(12-18(15)25)14-35-21-20(23(32)34-2)22(36-29-21)28-24(33)27-8-4-3-5-9-30-10-6-7-17(31)13-30/h11-12,17,31H,3-10,13-14H2,1-2H3,(H2,27,28,33). The molecule has 1 aromatic carbocycles. The number of piperidine rings is 1. The third-order valence-electron chi connectivity index (χ3n) is 5.89. The summed E-state index contributed by atoms with van der Waals surface area (Å²) >= 11 is 0.815. The van der Waals surface area contributed by atoms with Gasteiger partial charge in [0.05, 0.1) is 13.2 Å². The number of aliphatic hydroxyl groups excluding tert-OH is 1. The Morgan fingerprint density at radius 2 is 2.06 bits per heavy atom. The first kappa shape index (κ1) is 27.8. The van der Waals surface area contributed by atoms with Crippen molar-refractivity contribution in [2.75, 3.05) is 38.6 Å². The Hall–Kier alpha value is -2.83. The second-order valence-corrected chi connectivity index (χ2v) is 9.48. The minimum Gasteiger partial charge on any atom is -0.471 e. The normalized spacial score (nSPS) is 16.0. The van der Waals surface area contributed by atoms with Crippen LogP contribution in [0.25, 0.3) is 0 Å². The number of nitrogens with one attached hydrogen (secondary N) is 2. The molecule has 1 aliphatic heterocycles. The molecule has 2 heterocycles. The van der Waals surface area contributed by atoms with Gasteiger partial charge in [0.2, 0.25) is 5.88 Å². The average Bonchev–Trinajstić information content (AvgIpc) is 3.24. The first-order valence-corrected chi connectivity index (χ1v) is 12.7. The highest BCUT2D eigenvalue weighted by molar-refractivity contribution is 7.11. The third-order valence-corrected chi connectivity index (χ3v) is 6.63. The summed E-state index contributed by atoms with van der Waals surface area (Å²) in [6.07, 6.45) is 4.33. The SMILES string of the molecule is COC(=O)c1c(OCc2cc(F)c(C)cc2F)nsc1NC(=O)NCCCCCN1CCCC(O)C1. The van der Waals surface area contributed by atoms with Gasteiger partial charge >= 0.3 is 12.0 Å². The van der Waals surface area contributed by atoms with Crippen LogP contribution in [0.2, 0.25) is 0 Å². The third kappa shape index (κ3) is 7.84. The number of aliphatic hydroxyl groups is 1. The quantitative estimate of drug-likeness (QED) is 0.301. The van der Waals surface area contributed by atoms with E-state index in [-0.39, 0.29) is 40.3 Å². The first-order valence-electron chi connectivity index (χ1n) is 11.9. The molecule has 9 nitrogen and oxygen atoms in total. The number of aromatic nitrogens is 1. The van der Waals surface area contributed by atoms with Crippen LogP contribution in [0, 0.1) is 18.6 Å². The van der Waals surface area contributed by atoms with E-state index in [4.69, 9.17) is 9.47 Å². The number of hydrogen-bond donors (Lipinski definition) is 3. The van der Waals surface area contributed by atoms with Gasteiger partial charge in [-0.05, 0) is 74.9 Å². The number of rotatable bonds is 11. The Labute approximate surface area is 212 Å². The molecule has 0 spiro atoms. The highest BCUT2D eigenvalue weighted by Crippen LogP contribution is 2.32. The molecule has 3 N–H and O–H groups in total. The number of aryl methyl sites for hydroxylation is 1. The van der Waals surface area contributed by atoms with Gasteiger partial charge in [0.15, 0.2) is 5.56 Å². The number of nitrogens with zero attached hydrogens (tertiary/aromatic N) is 2. The number of hydrogen-bond acceptors (Lipinski definition) is 8. The molecule has 2 aromatic rings. The van der Waals surface area contributed by atoms with Crippen LogP contribution in [0.1, 0.15) is 53.6 Å². The summed E-state index contributed by atoms with van der Waals surface area (Å²) in [5.41, 5.74) is 0.0273. The van der Waals surface area contributed by atoms with E-state index in [1.807, 2.05) is 0 Å². The Balaban J connectivity index is 1.47. The van der Waals surface area contributed by atoms with Gasteiger partial charge in [0, 0.05) is 18.7 Å². The molecule has 0 aliphatic carbocycles. The maximum Gasteiger partial charge on any atom is 0.346 e. The summed E-state index contributed by atoms with van der Waals surface area (Å²) in [6.45, 7) is 4.19. The summed E-state index contributed by atoms with van der Waals surface area (Å²) in [5.74, 6) is -2.15. The summed E-state index contributed by atoms with van der Waals surface area (Å²) in [5, 5.41) is 15.2. The van der Waals surface area contributed by atoms with Gasteiger partial charge in [-0.25, -0.2) is 18.4 Å². The van der Waals surface area contributed by atoms with Crippen molar-refractivity contribution in [3.63, 3.8) is 0 Å². The van der Waals surface area contributed by atoms with Crippen molar-refractivity contribution >= 4 is 28.5 Å². The monoisotopic (exact) mass is 526 g/mol. The zero-order valence-corrected chi connectivity index (χ0v) is 21.3. The molecule has 2 amide bonds. The van der Waals surface area contributed by atoms with Crippen LogP contribution in [0.5, 0.6) is 5.88 Å². The Morgan fingerprint density at radius 1 is 1.25 bits per heavy atom. The van der Waals surface area contributed by atoms with Crippen LogP contribution in [0.3, 0.4) is 0 Å². The van der Waals surface area contributed by atoms with Crippen molar-refractivity contribution in [2.45, 2.75) is 51.7 Å². The first-order chi connectivity index (χ1) is 17.3. The number of halogens is 2. The van der Waals surface area contributed by atoms with Gasteiger partial charge in [-0.2, -0.15) is 4.37 Å². The summed E-state index contributed by atoms with van der Waals surface area (Å²) in [7, 11) is 1.17. The minimum absolute atomic E-state index is 0.0365. The van der Waals surface area contributed by atoms with Gasteiger partial charge in [-0.3, -0.25) is 5.32 Å². The number of benzene rings is 1. The molecule has 12 heteroatoms. The van der Waals surface area contributed by atoms with Gasteiger partial charge in [-0.15, -0.1) is 0 Å². The summed E-state index contributed by atoms with van der Waals surface area (Å²) < 4.78 is 42.2. The van der Waals surface area contributed by atoms with Crippen LogP contribution in [0.15, 0.2) is 12.1 Å². The molecule has 36 heavy (non-hydrogen) atoms. The molecule has 0 bridgehead atoms. The number of carbonyl (C=O) groups is 2. The lowest BCUT2D eigenvalue weighted by molar-refractivity contribution is 0.0596. The molecular weight excluding hydrogens is 494 g/mol. The van der Waals surface area contributed by atoms with Crippen LogP contribution in [-0.4, -0.2) is 65.8 Å². The number of esters is 1. The predicted molar refractivity (Wildman–Crippen MR) is 131 cm³/mol. The van der Waals surface area contributed by atoms with Crippen molar-refractivity contribution in [2.24, 2.45) is 0 Å². The fourth-order valence-electron chi connectivity index (χ4n) is 3.91. The number of likely N-dealkylation sites (tertiary alicyclic amines) is 1. The van der Waals surface area contributed by atoms with Crippen molar-refractivity contribution in [1.29, 1.82) is 0 Å². The van der Waals surface area contributed by atoms with Gasteiger partial charge in [-0.1, -0.05) is 6.42 Å². The Bertz CT molecular complexity index is 1050. The molecule has 198 valence electrons. The molecular formula is C24H32F2N4O5S. The second kappa shape index (κ2) is 13.5. The van der Waals surface area contributed by atoms with E-state index in [1.54, 1.807) is 0 Å². The number of urea groups is 1. The molecule has 1 unspecified atom stereocenters. The second-order valence-electron chi connectivity index (χ2n) is 8.70. The van der Waals surface area contributed by atoms with E-state index in [0.717, 1.165) is 75.4 Å².